The van der Waals surface area contributed by atoms with Crippen molar-refractivity contribution in [2.75, 3.05) is 19.7 Å². The zero-order valence-corrected chi connectivity index (χ0v) is 13.8. The van der Waals surface area contributed by atoms with Crippen molar-refractivity contribution in [2.24, 2.45) is 0 Å². The maximum Gasteiger partial charge on any atom is 0.254 e. The van der Waals surface area contributed by atoms with E-state index >= 15 is 0 Å². The number of nitrogens with zero attached hydrogens (tertiary/aromatic N) is 5. The van der Waals surface area contributed by atoms with Gasteiger partial charge in [-0.3, -0.25) is 4.79 Å². The predicted octanol–water partition coefficient (Wildman–Crippen LogP) is 1.48. The lowest BCUT2D eigenvalue weighted by molar-refractivity contribution is -0.0303. The quantitative estimate of drug-likeness (QED) is 0.794. The van der Waals surface area contributed by atoms with Crippen molar-refractivity contribution in [3.63, 3.8) is 0 Å². The van der Waals surface area contributed by atoms with Crippen LogP contribution in [-0.4, -0.2) is 56.4 Å². The van der Waals surface area contributed by atoms with E-state index in [1.165, 1.54) is 6.20 Å². The van der Waals surface area contributed by atoms with Crippen LogP contribution in [0.3, 0.4) is 0 Å². The van der Waals surface area contributed by atoms with Crippen LogP contribution >= 0.6 is 11.6 Å². The maximum absolute atomic E-state index is 12.6. The Bertz CT molecular complexity index is 718. The normalized spacial score (nSPS) is 18.2. The Kier molecular flexibility index (Phi) is 4.58. The highest BCUT2D eigenvalue weighted by atomic mass is 35.5. The van der Waals surface area contributed by atoms with Gasteiger partial charge >= 0.3 is 0 Å². The van der Waals surface area contributed by atoms with Crippen molar-refractivity contribution in [3.05, 3.63) is 40.7 Å². The monoisotopic (exact) mass is 335 g/mol. The molecule has 0 aliphatic carbocycles. The second-order valence-corrected chi connectivity index (χ2v) is 5.89. The molecule has 3 rings (SSSR count). The van der Waals surface area contributed by atoms with Gasteiger partial charge in [0, 0.05) is 24.8 Å². The Hall–Kier alpha value is -1.99. The molecule has 7 nitrogen and oxygen atoms in total. The van der Waals surface area contributed by atoms with Gasteiger partial charge in [0.1, 0.15) is 16.8 Å². The van der Waals surface area contributed by atoms with Gasteiger partial charge in [0.15, 0.2) is 0 Å². The third-order valence-corrected chi connectivity index (χ3v) is 3.95. The number of carbonyl (C=O) groups is 1. The van der Waals surface area contributed by atoms with E-state index in [9.17, 15) is 4.79 Å². The summed E-state index contributed by atoms with van der Waals surface area (Å²) in [4.78, 5) is 22.5. The van der Waals surface area contributed by atoms with E-state index in [2.05, 4.69) is 15.1 Å². The molecular formula is C15H18ClN5O2. The van der Waals surface area contributed by atoms with Gasteiger partial charge in [-0.15, -0.1) is 0 Å². The van der Waals surface area contributed by atoms with Crippen LogP contribution in [0.1, 0.15) is 22.0 Å². The van der Waals surface area contributed by atoms with Gasteiger partial charge in [-0.1, -0.05) is 11.6 Å². The number of aromatic nitrogens is 4. The molecule has 0 aromatic carbocycles. The number of pyridine rings is 1. The molecule has 0 saturated carbocycles. The molecule has 0 bridgehead atoms. The van der Waals surface area contributed by atoms with Crippen molar-refractivity contribution in [3.8, 4) is 0 Å². The van der Waals surface area contributed by atoms with E-state index in [0.29, 0.717) is 37.0 Å². The number of hydrogen-bond donors (Lipinski definition) is 0. The molecule has 1 fully saturated rings. The largest absolute Gasteiger partial charge is 0.373 e. The molecule has 1 aliphatic heterocycles. The molecule has 1 saturated heterocycles. The lowest BCUT2D eigenvalue weighted by Crippen LogP contribution is -2.47. The summed E-state index contributed by atoms with van der Waals surface area (Å²) in [6.07, 6.45) is 1.43. The lowest BCUT2D eigenvalue weighted by atomic mass is 10.2. The topological polar surface area (TPSA) is 73.1 Å². The van der Waals surface area contributed by atoms with Crippen LogP contribution in [-0.2, 0) is 11.3 Å². The zero-order valence-electron chi connectivity index (χ0n) is 13.1. The van der Waals surface area contributed by atoms with Crippen LogP contribution in [0.25, 0.3) is 0 Å². The first-order valence-corrected chi connectivity index (χ1v) is 7.81. The minimum Gasteiger partial charge on any atom is -0.373 e. The van der Waals surface area contributed by atoms with Crippen LogP contribution in [0, 0.1) is 13.8 Å². The highest BCUT2D eigenvalue weighted by molar-refractivity contribution is 6.29. The third-order valence-electron chi connectivity index (χ3n) is 3.74. The van der Waals surface area contributed by atoms with E-state index in [-0.39, 0.29) is 12.0 Å². The highest BCUT2D eigenvalue weighted by Crippen LogP contribution is 2.14. The molecule has 1 atom stereocenters. The summed E-state index contributed by atoms with van der Waals surface area (Å²) in [5.41, 5.74) is 0.540. The molecule has 2 aromatic heterocycles. The molecule has 8 heteroatoms. The standard InChI is InChI=1S/C15H18ClN5O2/c1-10-18-11(2)21(19-10)9-13-8-20(5-6-23-13)15(22)12-3-4-17-14(16)7-12/h3-4,7,13H,5-6,8-9H2,1-2H3/t13-/m1/s1. The van der Waals surface area contributed by atoms with E-state index in [4.69, 9.17) is 16.3 Å². The fourth-order valence-corrected chi connectivity index (χ4v) is 2.83. The smallest absolute Gasteiger partial charge is 0.254 e. The van der Waals surface area contributed by atoms with Crippen molar-refractivity contribution in [1.82, 2.24) is 24.6 Å². The Balaban J connectivity index is 1.68. The van der Waals surface area contributed by atoms with E-state index in [0.717, 1.165) is 11.6 Å². The summed E-state index contributed by atoms with van der Waals surface area (Å²) < 4.78 is 7.58. The number of hydrogen-bond acceptors (Lipinski definition) is 5. The molecule has 122 valence electrons. The van der Waals surface area contributed by atoms with Crippen molar-refractivity contribution >= 4 is 17.5 Å². The maximum atomic E-state index is 12.6. The SMILES string of the molecule is Cc1nc(C)n(C[C@H]2CN(C(=O)c3ccnc(Cl)c3)CCO2)n1. The van der Waals surface area contributed by atoms with Gasteiger partial charge in [-0.25, -0.2) is 14.6 Å². The summed E-state index contributed by atoms with van der Waals surface area (Å²) in [5.74, 6) is 1.52. The summed E-state index contributed by atoms with van der Waals surface area (Å²) in [6.45, 7) is 5.91. The first-order valence-electron chi connectivity index (χ1n) is 7.43. The summed E-state index contributed by atoms with van der Waals surface area (Å²) in [5, 5.41) is 4.65. The van der Waals surface area contributed by atoms with E-state index in [1.807, 2.05) is 18.5 Å². The molecule has 0 unspecified atom stereocenters. The zero-order chi connectivity index (χ0) is 16.4. The average Bonchev–Trinajstić information content (AvgIpc) is 2.84. The Morgan fingerprint density at radius 1 is 1.48 bits per heavy atom. The lowest BCUT2D eigenvalue weighted by Gasteiger charge is -2.33. The van der Waals surface area contributed by atoms with Gasteiger partial charge in [-0.2, -0.15) is 5.10 Å². The number of carbonyl (C=O) groups excluding carboxylic acids is 1. The number of aryl methyl sites for hydroxylation is 2. The predicted molar refractivity (Wildman–Crippen MR) is 84.4 cm³/mol. The van der Waals surface area contributed by atoms with Crippen LogP contribution in [0.4, 0.5) is 0 Å². The van der Waals surface area contributed by atoms with Crippen LogP contribution in [0.15, 0.2) is 18.3 Å². The number of ether oxygens (including phenoxy) is 1. The average molecular weight is 336 g/mol. The van der Waals surface area contributed by atoms with Crippen molar-refractivity contribution in [1.29, 1.82) is 0 Å². The van der Waals surface area contributed by atoms with E-state index in [1.54, 1.807) is 17.0 Å². The molecule has 23 heavy (non-hydrogen) atoms. The molecular weight excluding hydrogens is 318 g/mol. The fourth-order valence-electron chi connectivity index (χ4n) is 2.66. The van der Waals surface area contributed by atoms with Crippen molar-refractivity contribution < 1.29 is 9.53 Å². The Morgan fingerprint density at radius 2 is 2.30 bits per heavy atom. The van der Waals surface area contributed by atoms with Crippen LogP contribution in [0.5, 0.6) is 0 Å². The van der Waals surface area contributed by atoms with E-state index < -0.39 is 0 Å². The highest BCUT2D eigenvalue weighted by Gasteiger charge is 2.26. The third kappa shape index (κ3) is 3.68. The first kappa shape index (κ1) is 15.9. The second kappa shape index (κ2) is 6.64. The van der Waals surface area contributed by atoms with Gasteiger partial charge in [0.2, 0.25) is 0 Å². The molecule has 0 radical (unpaired) electrons. The molecule has 0 N–H and O–H groups in total. The van der Waals surface area contributed by atoms with Gasteiger partial charge < -0.3 is 9.64 Å². The Labute approximate surface area is 139 Å². The summed E-state index contributed by atoms with van der Waals surface area (Å²) in [6, 6.07) is 3.25. The second-order valence-electron chi connectivity index (χ2n) is 5.50. The number of rotatable bonds is 3. The van der Waals surface area contributed by atoms with Gasteiger partial charge in [0.05, 0.1) is 19.3 Å². The van der Waals surface area contributed by atoms with Crippen LogP contribution < -0.4 is 0 Å². The fraction of sp³-hybridized carbons (Fsp3) is 0.467. The van der Waals surface area contributed by atoms with Crippen LogP contribution in [0.2, 0.25) is 5.15 Å². The number of halogens is 1. The van der Waals surface area contributed by atoms with Crippen molar-refractivity contribution in [2.45, 2.75) is 26.5 Å². The number of morpholine rings is 1. The minimum atomic E-state index is -0.107. The molecule has 1 aliphatic rings. The summed E-state index contributed by atoms with van der Waals surface area (Å²) >= 11 is 5.86. The molecule has 3 heterocycles. The first-order chi connectivity index (χ1) is 11.0. The molecule has 1 amide bonds. The molecule has 2 aromatic rings. The van der Waals surface area contributed by atoms with Gasteiger partial charge in [-0.05, 0) is 26.0 Å². The molecule has 0 spiro atoms. The summed E-state index contributed by atoms with van der Waals surface area (Å²) in [7, 11) is 0. The minimum absolute atomic E-state index is 0.0610. The van der Waals surface area contributed by atoms with Gasteiger partial charge in [0.25, 0.3) is 5.91 Å². The number of amides is 1. The Morgan fingerprint density at radius 3 is 3.00 bits per heavy atom.